The van der Waals surface area contributed by atoms with E-state index in [1.54, 1.807) is 0 Å². The van der Waals surface area contributed by atoms with Gasteiger partial charge in [0.15, 0.2) is 6.10 Å². The number of carbonyl (C=O) groups is 3. The van der Waals surface area contributed by atoms with E-state index >= 15 is 0 Å². The molecule has 0 aliphatic carbocycles. The molecule has 0 amide bonds. The van der Waals surface area contributed by atoms with Crippen LogP contribution in [-0.2, 0) is 28.6 Å². The van der Waals surface area contributed by atoms with Crippen molar-refractivity contribution in [2.24, 2.45) is 0 Å². The first-order valence-corrected chi connectivity index (χ1v) is 27.2. The summed E-state index contributed by atoms with van der Waals surface area (Å²) in [6, 6.07) is 0. The zero-order valence-electron chi connectivity index (χ0n) is 42.9. The Balaban J connectivity index is 4.29. The Hall–Kier alpha value is -3.67. The molecule has 376 valence electrons. The minimum Gasteiger partial charge on any atom is -0.462 e. The van der Waals surface area contributed by atoms with Gasteiger partial charge in [-0.3, -0.25) is 14.4 Å². The maximum absolute atomic E-state index is 12.8. The van der Waals surface area contributed by atoms with Gasteiger partial charge in [-0.15, -0.1) is 0 Å². The number of hydrogen-bond donors (Lipinski definition) is 0. The van der Waals surface area contributed by atoms with Crippen LogP contribution < -0.4 is 0 Å². The monoisotopic (exact) mass is 917 g/mol. The normalized spacial score (nSPS) is 12.8. The van der Waals surface area contributed by atoms with Crippen LogP contribution in [0.15, 0.2) is 97.2 Å². The molecule has 0 radical (unpaired) electrons. The van der Waals surface area contributed by atoms with Crippen molar-refractivity contribution >= 4 is 17.9 Å². The highest BCUT2D eigenvalue weighted by Gasteiger charge is 2.19. The summed E-state index contributed by atoms with van der Waals surface area (Å²) in [5, 5.41) is 0. The highest BCUT2D eigenvalue weighted by atomic mass is 16.6. The highest BCUT2D eigenvalue weighted by molar-refractivity contribution is 5.71. The van der Waals surface area contributed by atoms with Crippen LogP contribution in [0.5, 0.6) is 0 Å². The standard InChI is InChI=1S/C60H100O6/c1-4-7-10-13-16-19-21-23-25-27-28-29-30-31-32-34-35-37-39-41-44-47-50-53-59(62)65-56-57(55-64-58(61)52-49-46-43-18-15-12-9-6-3)66-60(63)54-51-48-45-42-40-38-36-33-26-24-22-20-17-14-11-8-5-2/h7-8,10-11,16-17,19-20,23-26,28-29,36,38,57H,4-6,9,12-15,18,21-22,27,30-35,37,39-56H2,1-3H3/b10-7-,11-8-,19-16-,20-17-,25-23-,26-24-,29-28-,38-36-. The lowest BCUT2D eigenvalue weighted by molar-refractivity contribution is -0.167. The van der Waals surface area contributed by atoms with E-state index in [0.29, 0.717) is 19.3 Å². The van der Waals surface area contributed by atoms with Crippen molar-refractivity contribution in [1.82, 2.24) is 0 Å². The summed E-state index contributed by atoms with van der Waals surface area (Å²) >= 11 is 0. The minimum atomic E-state index is -0.790. The first kappa shape index (κ1) is 62.3. The van der Waals surface area contributed by atoms with Crippen molar-refractivity contribution in [2.45, 2.75) is 252 Å². The van der Waals surface area contributed by atoms with Crippen molar-refractivity contribution < 1.29 is 28.6 Å². The summed E-state index contributed by atoms with van der Waals surface area (Å²) in [7, 11) is 0. The van der Waals surface area contributed by atoms with Crippen LogP contribution in [0.4, 0.5) is 0 Å². The Labute approximate surface area is 407 Å². The summed E-state index contributed by atoms with van der Waals surface area (Å²) in [5.41, 5.74) is 0. The lowest BCUT2D eigenvalue weighted by Crippen LogP contribution is -2.30. The van der Waals surface area contributed by atoms with Gasteiger partial charge in [0, 0.05) is 19.3 Å². The molecule has 6 heteroatoms. The summed E-state index contributed by atoms with van der Waals surface area (Å²) in [6.45, 7) is 6.36. The fraction of sp³-hybridized carbons (Fsp3) is 0.683. The summed E-state index contributed by atoms with van der Waals surface area (Å²) in [4.78, 5) is 37.9. The van der Waals surface area contributed by atoms with Gasteiger partial charge in [-0.1, -0.05) is 227 Å². The molecule has 66 heavy (non-hydrogen) atoms. The van der Waals surface area contributed by atoms with E-state index in [1.165, 1.54) is 83.5 Å². The molecule has 0 spiro atoms. The Kier molecular flexibility index (Phi) is 50.9. The van der Waals surface area contributed by atoms with E-state index in [9.17, 15) is 14.4 Å². The maximum Gasteiger partial charge on any atom is 0.306 e. The van der Waals surface area contributed by atoms with Gasteiger partial charge in [-0.2, -0.15) is 0 Å². The third-order valence-corrected chi connectivity index (χ3v) is 11.3. The van der Waals surface area contributed by atoms with Crippen molar-refractivity contribution in [1.29, 1.82) is 0 Å². The van der Waals surface area contributed by atoms with Gasteiger partial charge in [-0.05, 0) is 96.3 Å². The third-order valence-electron chi connectivity index (χ3n) is 11.3. The second-order valence-electron chi connectivity index (χ2n) is 17.7. The van der Waals surface area contributed by atoms with Crippen molar-refractivity contribution in [3.63, 3.8) is 0 Å². The molecule has 0 aliphatic heterocycles. The maximum atomic E-state index is 12.8. The molecule has 0 N–H and O–H groups in total. The molecular formula is C60H100O6. The molecule has 0 aromatic carbocycles. The van der Waals surface area contributed by atoms with E-state index in [1.807, 2.05) is 0 Å². The predicted octanol–water partition coefficient (Wildman–Crippen LogP) is 18.1. The number of unbranched alkanes of at least 4 members (excludes halogenated alkanes) is 21. The Morgan fingerprint density at radius 1 is 0.318 bits per heavy atom. The average molecular weight is 917 g/mol. The third kappa shape index (κ3) is 51.3. The molecule has 0 saturated carbocycles. The molecule has 0 aliphatic rings. The molecule has 0 saturated heterocycles. The van der Waals surface area contributed by atoms with Gasteiger partial charge in [0.1, 0.15) is 13.2 Å². The predicted molar refractivity (Wildman–Crippen MR) is 284 cm³/mol. The first-order valence-electron chi connectivity index (χ1n) is 27.2. The van der Waals surface area contributed by atoms with Gasteiger partial charge < -0.3 is 14.2 Å². The molecule has 0 aromatic heterocycles. The Morgan fingerprint density at radius 2 is 0.591 bits per heavy atom. The largest absolute Gasteiger partial charge is 0.462 e. The van der Waals surface area contributed by atoms with Crippen LogP contribution in [0.25, 0.3) is 0 Å². The molecule has 0 fully saturated rings. The average Bonchev–Trinajstić information content (AvgIpc) is 3.31. The van der Waals surface area contributed by atoms with Crippen LogP contribution in [0.1, 0.15) is 245 Å². The van der Waals surface area contributed by atoms with E-state index < -0.39 is 6.10 Å². The number of carbonyl (C=O) groups excluding carboxylic acids is 3. The van der Waals surface area contributed by atoms with Gasteiger partial charge in [0.2, 0.25) is 0 Å². The second kappa shape index (κ2) is 53.9. The number of ether oxygens (including phenoxy) is 3. The zero-order chi connectivity index (χ0) is 47.9. The van der Waals surface area contributed by atoms with E-state index in [-0.39, 0.29) is 31.1 Å². The smallest absolute Gasteiger partial charge is 0.306 e. The zero-order valence-corrected chi connectivity index (χ0v) is 42.9. The topological polar surface area (TPSA) is 78.9 Å². The Morgan fingerprint density at radius 3 is 0.924 bits per heavy atom. The van der Waals surface area contributed by atoms with E-state index in [0.717, 1.165) is 122 Å². The van der Waals surface area contributed by atoms with Crippen molar-refractivity contribution in [2.75, 3.05) is 13.2 Å². The molecule has 0 heterocycles. The molecule has 1 unspecified atom stereocenters. The van der Waals surface area contributed by atoms with Crippen LogP contribution in [-0.4, -0.2) is 37.2 Å². The van der Waals surface area contributed by atoms with Crippen molar-refractivity contribution in [3.05, 3.63) is 97.2 Å². The fourth-order valence-corrected chi connectivity index (χ4v) is 7.31. The van der Waals surface area contributed by atoms with Gasteiger partial charge in [-0.25, -0.2) is 0 Å². The lowest BCUT2D eigenvalue weighted by atomic mass is 10.1. The van der Waals surface area contributed by atoms with Crippen LogP contribution in [0.3, 0.4) is 0 Å². The summed E-state index contributed by atoms with van der Waals surface area (Å²) < 4.78 is 16.8. The summed E-state index contributed by atoms with van der Waals surface area (Å²) in [6.07, 6.45) is 71.2. The molecule has 0 bridgehead atoms. The number of esters is 3. The number of rotatable bonds is 48. The van der Waals surface area contributed by atoms with Crippen LogP contribution in [0.2, 0.25) is 0 Å². The van der Waals surface area contributed by atoms with Crippen molar-refractivity contribution in [3.8, 4) is 0 Å². The number of hydrogen-bond acceptors (Lipinski definition) is 6. The minimum absolute atomic E-state index is 0.0883. The van der Waals surface area contributed by atoms with Crippen LogP contribution in [0, 0.1) is 0 Å². The van der Waals surface area contributed by atoms with Gasteiger partial charge in [0.25, 0.3) is 0 Å². The van der Waals surface area contributed by atoms with Crippen LogP contribution >= 0.6 is 0 Å². The summed E-state index contributed by atoms with van der Waals surface area (Å²) in [5.74, 6) is -0.921. The molecule has 6 nitrogen and oxygen atoms in total. The number of allylic oxidation sites excluding steroid dienone is 16. The quantitative estimate of drug-likeness (QED) is 0.0262. The SMILES string of the molecule is CC/C=C\C/C=C\C/C=C\C/C=C\CCCCCCCCCCCCC(=O)OCC(COC(=O)CCCCCCCCCC)OC(=O)CCCCCC/C=C\C/C=C\C/C=C\C/C=C\CC. The highest BCUT2D eigenvalue weighted by Crippen LogP contribution is 2.14. The molecule has 0 aromatic rings. The van der Waals surface area contributed by atoms with Gasteiger partial charge >= 0.3 is 17.9 Å². The van der Waals surface area contributed by atoms with E-state index in [2.05, 4.69) is 118 Å². The van der Waals surface area contributed by atoms with E-state index in [4.69, 9.17) is 14.2 Å². The fourth-order valence-electron chi connectivity index (χ4n) is 7.31. The lowest BCUT2D eigenvalue weighted by Gasteiger charge is -2.18. The molecular weight excluding hydrogens is 817 g/mol. The molecule has 1 atom stereocenters. The van der Waals surface area contributed by atoms with Gasteiger partial charge in [0.05, 0.1) is 0 Å². The Bertz CT molecular complexity index is 1330. The first-order chi connectivity index (χ1) is 32.5. The second-order valence-corrected chi connectivity index (χ2v) is 17.7. The molecule has 0 rings (SSSR count).